The Hall–Kier alpha value is -3.41. The summed E-state index contributed by atoms with van der Waals surface area (Å²) in [5.74, 6) is -1.15. The van der Waals surface area contributed by atoms with Crippen molar-refractivity contribution in [1.82, 2.24) is 9.88 Å². The molecule has 1 aliphatic rings. The topological polar surface area (TPSA) is 141 Å². The largest absolute Gasteiger partial charge is 0.506 e. The number of carboxylic acids is 1. The van der Waals surface area contributed by atoms with Crippen LogP contribution in [-0.4, -0.2) is 64.0 Å². The van der Waals surface area contributed by atoms with E-state index in [2.05, 4.69) is 44.2 Å². The number of aliphatic hydroxyl groups is 1. The smallest absolute Gasteiger partial charge is 0.410 e. The van der Waals surface area contributed by atoms with E-state index in [0.29, 0.717) is 16.8 Å². The molecule has 1 unspecified atom stereocenters. The Balaban J connectivity index is 2.08. The molecular weight excluding hydrogens is 530 g/mol. The van der Waals surface area contributed by atoms with Crippen molar-refractivity contribution in [3.05, 3.63) is 58.9 Å². The van der Waals surface area contributed by atoms with Crippen molar-refractivity contribution >= 4 is 32.1 Å². The van der Waals surface area contributed by atoms with Gasteiger partial charge in [0.05, 0.1) is 24.9 Å². The number of nitrogens with zero attached hydrogens (tertiary/aromatic N) is 2. The number of hydrogen-bond donors (Lipinski definition) is 4. The highest BCUT2D eigenvalue weighted by atomic mass is 28.4. The van der Waals surface area contributed by atoms with Gasteiger partial charge in [0.15, 0.2) is 8.32 Å². The van der Waals surface area contributed by atoms with Gasteiger partial charge in [0.25, 0.3) is 0 Å². The van der Waals surface area contributed by atoms with Crippen LogP contribution in [-0.2, 0) is 15.7 Å². The van der Waals surface area contributed by atoms with E-state index in [-0.39, 0.29) is 29.6 Å². The number of phenolic OH excluding ortho intramolecular Hbond substituents is 1. The van der Waals surface area contributed by atoms with Crippen molar-refractivity contribution in [2.75, 3.05) is 11.9 Å². The number of ether oxygens (including phenoxy) is 1. The van der Waals surface area contributed by atoms with Crippen LogP contribution in [0.4, 0.5) is 10.5 Å². The van der Waals surface area contributed by atoms with Crippen molar-refractivity contribution in [2.24, 2.45) is 0 Å². The van der Waals surface area contributed by atoms with Crippen LogP contribution in [0.2, 0.25) is 18.1 Å². The number of pyridine rings is 1. The van der Waals surface area contributed by atoms with Crippen LogP contribution >= 0.6 is 0 Å². The summed E-state index contributed by atoms with van der Waals surface area (Å²) in [6, 6.07) is 6.33. The van der Waals surface area contributed by atoms with Gasteiger partial charge in [-0.05, 0) is 68.2 Å². The number of amides is 1. The van der Waals surface area contributed by atoms with E-state index in [1.165, 1.54) is 17.2 Å². The Labute approximate surface area is 236 Å². The maximum absolute atomic E-state index is 13.5. The summed E-state index contributed by atoms with van der Waals surface area (Å²) in [4.78, 5) is 30.3. The summed E-state index contributed by atoms with van der Waals surface area (Å²) in [5, 5.41) is 32.6. The van der Waals surface area contributed by atoms with Crippen LogP contribution < -0.4 is 5.32 Å². The highest BCUT2D eigenvalue weighted by molar-refractivity contribution is 6.74. The summed E-state index contributed by atoms with van der Waals surface area (Å²) < 4.78 is 12.7. The van der Waals surface area contributed by atoms with Gasteiger partial charge >= 0.3 is 12.1 Å². The van der Waals surface area contributed by atoms with Crippen LogP contribution in [0.15, 0.2) is 36.5 Å². The number of benzene rings is 1. The van der Waals surface area contributed by atoms with Gasteiger partial charge in [-0.2, -0.15) is 0 Å². The highest BCUT2D eigenvalue weighted by Crippen LogP contribution is 2.43. The molecule has 2 atom stereocenters. The zero-order chi connectivity index (χ0) is 30.0. The van der Waals surface area contributed by atoms with Gasteiger partial charge in [-0.1, -0.05) is 39.0 Å². The zero-order valence-electron chi connectivity index (χ0n) is 24.5. The molecule has 10 nitrogen and oxygen atoms in total. The average molecular weight is 572 g/mol. The first kappa shape index (κ1) is 31.1. The maximum atomic E-state index is 13.5. The van der Waals surface area contributed by atoms with E-state index in [4.69, 9.17) is 9.16 Å². The minimum atomic E-state index is -2.40. The standard InChI is InChI=1S/C29H41N3O7Si/c1-28(2,3)38-27(37)32(16-18-9-12-21(26(35)36)30-15-18)17-23(39-40(7,8)29(4,5)6)19-10-13-22(33)25-20(19)11-14-24(34)31-25/h9-15,23-24,31,33-34H,16-17H2,1-8H3,(H,35,36)/t23-,24?/m0/s1. The number of carboxylic acid groups (broad SMARTS) is 1. The molecule has 1 aromatic carbocycles. The first-order chi connectivity index (χ1) is 18.4. The van der Waals surface area contributed by atoms with E-state index in [9.17, 15) is 24.9 Å². The van der Waals surface area contributed by atoms with Crippen molar-refractivity contribution in [2.45, 2.75) is 84.2 Å². The summed E-state index contributed by atoms with van der Waals surface area (Å²) in [5.41, 5.74) is 1.56. The Morgan fingerprint density at radius 1 is 1.12 bits per heavy atom. The molecule has 3 rings (SSSR count). The SMILES string of the molecule is CC(C)(C)OC(=O)N(Cc1ccc(C(=O)O)nc1)C[C@H](O[Si](C)(C)C(C)(C)C)c1ccc(O)c2c1C=CC(O)N2. The Morgan fingerprint density at radius 2 is 1.80 bits per heavy atom. The van der Waals surface area contributed by atoms with E-state index < -0.39 is 38.3 Å². The maximum Gasteiger partial charge on any atom is 0.410 e. The number of nitrogens with one attached hydrogen (secondary N) is 1. The number of rotatable bonds is 8. The van der Waals surface area contributed by atoms with Crippen LogP contribution in [0.25, 0.3) is 6.08 Å². The number of anilines is 1. The summed E-state index contributed by atoms with van der Waals surface area (Å²) in [7, 11) is -2.40. The number of phenols is 1. The second kappa shape index (κ2) is 11.6. The van der Waals surface area contributed by atoms with Crippen LogP contribution in [0.3, 0.4) is 0 Å². The first-order valence-electron chi connectivity index (χ1n) is 13.2. The first-order valence-corrected chi connectivity index (χ1v) is 16.1. The number of carbonyl (C=O) groups is 2. The molecule has 11 heteroatoms. The summed E-state index contributed by atoms with van der Waals surface area (Å²) in [6.07, 6.45) is 2.62. The van der Waals surface area contributed by atoms with Crippen LogP contribution in [0.1, 0.15) is 74.8 Å². The van der Waals surface area contributed by atoms with E-state index >= 15 is 0 Å². The average Bonchev–Trinajstić information content (AvgIpc) is 2.82. The second-order valence-electron chi connectivity index (χ2n) is 12.5. The lowest BCUT2D eigenvalue weighted by Crippen LogP contribution is -2.45. The molecule has 0 aliphatic carbocycles. The van der Waals surface area contributed by atoms with Crippen LogP contribution in [0, 0.1) is 0 Å². The van der Waals surface area contributed by atoms with E-state index in [0.717, 1.165) is 5.56 Å². The number of aromatic hydroxyl groups is 1. The van der Waals surface area contributed by atoms with Gasteiger partial charge in [0.1, 0.15) is 23.3 Å². The molecule has 0 spiro atoms. The van der Waals surface area contributed by atoms with Crippen molar-refractivity contribution in [3.63, 3.8) is 0 Å². The third-order valence-corrected chi connectivity index (χ3v) is 11.5. The fraction of sp³-hybridized carbons (Fsp3) is 0.483. The minimum absolute atomic E-state index is 0.0122. The third kappa shape index (κ3) is 7.61. The Bertz CT molecular complexity index is 1260. The monoisotopic (exact) mass is 571 g/mol. The third-order valence-electron chi connectivity index (χ3n) is 7.04. The molecule has 0 radical (unpaired) electrons. The number of aromatic carboxylic acids is 1. The van der Waals surface area contributed by atoms with Crippen molar-refractivity contribution in [1.29, 1.82) is 0 Å². The molecule has 0 fully saturated rings. The predicted molar refractivity (Wildman–Crippen MR) is 156 cm³/mol. The van der Waals surface area contributed by atoms with E-state index in [1.54, 1.807) is 51.1 Å². The molecule has 0 saturated heterocycles. The van der Waals surface area contributed by atoms with Crippen LogP contribution in [0.5, 0.6) is 5.75 Å². The zero-order valence-corrected chi connectivity index (χ0v) is 25.5. The lowest BCUT2D eigenvalue weighted by molar-refractivity contribution is 0.0135. The molecule has 0 saturated carbocycles. The predicted octanol–water partition coefficient (Wildman–Crippen LogP) is 5.74. The van der Waals surface area contributed by atoms with Gasteiger partial charge in [-0.3, -0.25) is 0 Å². The molecular formula is C29H41N3O7Si. The van der Waals surface area contributed by atoms with Gasteiger partial charge in [0, 0.05) is 11.8 Å². The number of hydrogen-bond acceptors (Lipinski definition) is 8. The molecule has 2 aromatic rings. The van der Waals surface area contributed by atoms with Gasteiger partial charge in [-0.25, -0.2) is 14.6 Å². The molecule has 1 amide bonds. The Kier molecular flexibility index (Phi) is 9.02. The molecule has 1 aliphatic heterocycles. The lowest BCUT2D eigenvalue weighted by Gasteiger charge is -2.41. The normalized spacial score (nSPS) is 16.1. The Morgan fingerprint density at radius 3 is 2.35 bits per heavy atom. The van der Waals surface area contributed by atoms with Crippen molar-refractivity contribution < 1.29 is 34.1 Å². The fourth-order valence-corrected chi connectivity index (χ4v) is 5.21. The summed E-state index contributed by atoms with van der Waals surface area (Å²) >= 11 is 0. The number of aliphatic hydroxyl groups excluding tert-OH is 1. The number of aromatic nitrogens is 1. The number of fused-ring (bicyclic) bond motifs is 1. The minimum Gasteiger partial charge on any atom is -0.506 e. The molecule has 0 bridgehead atoms. The highest BCUT2D eigenvalue weighted by Gasteiger charge is 2.41. The quantitative estimate of drug-likeness (QED) is 0.230. The van der Waals surface area contributed by atoms with Crippen molar-refractivity contribution in [3.8, 4) is 5.75 Å². The van der Waals surface area contributed by atoms with E-state index in [1.807, 2.05) is 0 Å². The van der Waals surface area contributed by atoms with Gasteiger partial charge in [0.2, 0.25) is 0 Å². The molecule has 40 heavy (non-hydrogen) atoms. The molecule has 4 N–H and O–H groups in total. The number of carbonyl (C=O) groups excluding carboxylic acids is 1. The molecule has 218 valence electrons. The second-order valence-corrected chi connectivity index (χ2v) is 17.3. The molecule has 1 aromatic heterocycles. The van der Waals surface area contributed by atoms with Gasteiger partial charge in [-0.15, -0.1) is 0 Å². The summed E-state index contributed by atoms with van der Waals surface area (Å²) in [6.45, 7) is 16.2. The fourth-order valence-electron chi connectivity index (χ4n) is 3.95. The molecule has 2 heterocycles. The van der Waals surface area contributed by atoms with Gasteiger partial charge < -0.3 is 34.7 Å². The lowest BCUT2D eigenvalue weighted by atomic mass is 9.97.